The first kappa shape index (κ1) is 11.2. The molecule has 1 aromatic rings. The van der Waals surface area contributed by atoms with Gasteiger partial charge in [0.15, 0.2) is 5.69 Å². The number of nitrogens with zero attached hydrogens (tertiary/aromatic N) is 1. The van der Waals surface area contributed by atoms with Crippen LogP contribution in [-0.4, -0.2) is 4.98 Å². The van der Waals surface area contributed by atoms with Crippen molar-refractivity contribution in [3.05, 3.63) is 27.1 Å². The fraction of sp³-hybridized carbons (Fsp3) is 0.286. The monoisotopic (exact) mass is 365 g/mol. The summed E-state index contributed by atoms with van der Waals surface area (Å²) in [6, 6.07) is 2.97. The molecule has 72 valence electrons. The lowest BCUT2D eigenvalue weighted by Gasteiger charge is -2.08. The van der Waals surface area contributed by atoms with E-state index in [0.717, 1.165) is 0 Å². The highest BCUT2D eigenvalue weighted by molar-refractivity contribution is 14.1. The highest BCUT2D eigenvalue weighted by atomic mass is 127. The zero-order valence-corrected chi connectivity index (χ0v) is 9.94. The molecule has 0 saturated carbocycles. The van der Waals surface area contributed by atoms with Gasteiger partial charge in [-0.25, -0.2) is 4.98 Å². The molecule has 0 saturated heterocycles. The summed E-state index contributed by atoms with van der Waals surface area (Å²) in [4.78, 5) is 3.48. The van der Waals surface area contributed by atoms with E-state index in [0.29, 0.717) is 11.0 Å². The van der Waals surface area contributed by atoms with Gasteiger partial charge in [0, 0.05) is 8.90 Å². The molecule has 1 aromatic heterocycles. The summed E-state index contributed by atoms with van der Waals surface area (Å²) in [6.07, 6.45) is -4.37. The van der Waals surface area contributed by atoms with Gasteiger partial charge in [-0.15, -0.1) is 0 Å². The third-order valence-electron chi connectivity index (χ3n) is 1.31. The minimum atomic E-state index is -4.37. The van der Waals surface area contributed by atoms with E-state index in [2.05, 4.69) is 20.9 Å². The average Bonchev–Trinajstić information content (AvgIpc) is 2.03. The van der Waals surface area contributed by atoms with Gasteiger partial charge >= 0.3 is 6.18 Å². The topological polar surface area (TPSA) is 12.9 Å². The summed E-state index contributed by atoms with van der Waals surface area (Å²) in [6.45, 7) is 0. The van der Waals surface area contributed by atoms with E-state index in [9.17, 15) is 13.2 Å². The smallest absolute Gasteiger partial charge is 0.246 e. The second-order valence-electron chi connectivity index (χ2n) is 2.26. The molecule has 0 atom stereocenters. The summed E-state index contributed by atoms with van der Waals surface area (Å²) in [5.41, 5.74) is -0.433. The molecule has 0 aliphatic carbocycles. The summed E-state index contributed by atoms with van der Waals surface area (Å²) in [5, 5.41) is 0.326. The highest BCUT2D eigenvalue weighted by Gasteiger charge is 2.34. The first-order chi connectivity index (χ1) is 5.95. The number of hydrogen-bond acceptors (Lipinski definition) is 1. The van der Waals surface area contributed by atoms with Crippen molar-refractivity contribution in [2.24, 2.45) is 0 Å². The van der Waals surface area contributed by atoms with Crippen molar-refractivity contribution in [2.45, 2.75) is 11.5 Å². The Kier molecular flexibility index (Phi) is 3.56. The molecule has 0 amide bonds. The van der Waals surface area contributed by atoms with Crippen molar-refractivity contribution in [3.63, 3.8) is 0 Å². The van der Waals surface area contributed by atoms with Gasteiger partial charge in [0.05, 0.1) is 5.69 Å². The van der Waals surface area contributed by atoms with Crippen molar-refractivity contribution in [1.82, 2.24) is 4.98 Å². The summed E-state index contributed by atoms with van der Waals surface area (Å²) in [5.74, 6) is 0. The highest BCUT2D eigenvalue weighted by Crippen LogP contribution is 2.31. The van der Waals surface area contributed by atoms with Gasteiger partial charge in [0.1, 0.15) is 0 Å². The molecule has 0 aliphatic rings. The van der Waals surface area contributed by atoms with Crippen LogP contribution >= 0.6 is 38.5 Å². The van der Waals surface area contributed by atoms with Gasteiger partial charge < -0.3 is 0 Å². The molecule has 0 unspecified atom stereocenters. The quantitative estimate of drug-likeness (QED) is 0.547. The molecule has 1 rings (SSSR count). The average molecular weight is 366 g/mol. The van der Waals surface area contributed by atoms with E-state index < -0.39 is 11.9 Å². The van der Waals surface area contributed by atoms with Crippen molar-refractivity contribution in [2.75, 3.05) is 0 Å². The van der Waals surface area contributed by atoms with Crippen LogP contribution in [0.5, 0.6) is 0 Å². The fourth-order valence-electron chi connectivity index (χ4n) is 0.756. The second-order valence-corrected chi connectivity index (χ2v) is 3.99. The first-order valence-corrected chi connectivity index (χ1v) is 5.43. The normalized spacial score (nSPS) is 11.8. The predicted octanol–water partition coefficient (Wildman–Crippen LogP) is 3.60. The van der Waals surface area contributed by atoms with Crippen molar-refractivity contribution >= 4 is 38.5 Å². The molecule has 0 fully saturated rings. The maximum Gasteiger partial charge on any atom is 0.434 e. The van der Waals surface area contributed by atoms with Crippen molar-refractivity contribution in [1.29, 1.82) is 0 Å². The molecular formula is C7H4BrF3IN. The van der Waals surface area contributed by atoms with Gasteiger partial charge in [-0.3, -0.25) is 0 Å². The summed E-state index contributed by atoms with van der Waals surface area (Å²) >= 11 is 4.67. The first-order valence-electron chi connectivity index (χ1n) is 3.23. The summed E-state index contributed by atoms with van der Waals surface area (Å²) in [7, 11) is 0. The third-order valence-corrected chi connectivity index (χ3v) is 2.75. The van der Waals surface area contributed by atoms with E-state index in [4.69, 9.17) is 0 Å². The molecule has 0 spiro atoms. The number of pyridine rings is 1. The standard InChI is InChI=1S/C7H4BrF3IN/c8-3-4-1-2-5(12)6(13-4)7(9,10)11/h1-2H,3H2. The maximum absolute atomic E-state index is 12.3. The summed E-state index contributed by atoms with van der Waals surface area (Å²) < 4.78 is 37.0. The lowest BCUT2D eigenvalue weighted by molar-refractivity contribution is -0.142. The van der Waals surface area contributed by atoms with Crippen LogP contribution in [0, 0.1) is 3.57 Å². The molecule has 0 N–H and O–H groups in total. The SMILES string of the molecule is FC(F)(F)c1nc(CBr)ccc1I. The predicted molar refractivity (Wildman–Crippen MR) is 54.6 cm³/mol. The van der Waals surface area contributed by atoms with E-state index in [1.807, 2.05) is 0 Å². The van der Waals surface area contributed by atoms with Crippen LogP contribution in [0.4, 0.5) is 13.2 Å². The van der Waals surface area contributed by atoms with Crippen LogP contribution in [0.2, 0.25) is 0 Å². The molecule has 6 heteroatoms. The number of halogens is 5. The van der Waals surface area contributed by atoms with E-state index in [1.54, 1.807) is 28.7 Å². The molecule has 0 aromatic carbocycles. The van der Waals surface area contributed by atoms with Gasteiger partial charge in [-0.05, 0) is 34.7 Å². The van der Waals surface area contributed by atoms with Crippen LogP contribution in [-0.2, 0) is 11.5 Å². The van der Waals surface area contributed by atoms with Crippen LogP contribution < -0.4 is 0 Å². The molecule has 1 nitrogen and oxygen atoms in total. The molecule has 0 aliphatic heterocycles. The number of alkyl halides is 4. The van der Waals surface area contributed by atoms with Gasteiger partial charge in [-0.2, -0.15) is 13.2 Å². The Morgan fingerprint density at radius 3 is 2.46 bits per heavy atom. The zero-order chi connectivity index (χ0) is 10.1. The number of rotatable bonds is 1. The Hall–Kier alpha value is 0.150. The Balaban J connectivity index is 3.19. The third kappa shape index (κ3) is 2.80. The van der Waals surface area contributed by atoms with E-state index in [-0.39, 0.29) is 3.57 Å². The Morgan fingerprint density at radius 1 is 1.38 bits per heavy atom. The lowest BCUT2D eigenvalue weighted by Crippen LogP contribution is -2.11. The lowest BCUT2D eigenvalue weighted by atomic mass is 10.3. The zero-order valence-electron chi connectivity index (χ0n) is 6.20. The van der Waals surface area contributed by atoms with Gasteiger partial charge in [0.25, 0.3) is 0 Å². The molecule has 0 radical (unpaired) electrons. The van der Waals surface area contributed by atoms with E-state index >= 15 is 0 Å². The Bertz CT molecular complexity index is 313. The van der Waals surface area contributed by atoms with Crippen molar-refractivity contribution < 1.29 is 13.2 Å². The van der Waals surface area contributed by atoms with Crippen LogP contribution in [0.25, 0.3) is 0 Å². The second kappa shape index (κ2) is 4.12. The van der Waals surface area contributed by atoms with Crippen LogP contribution in [0.1, 0.15) is 11.4 Å². The van der Waals surface area contributed by atoms with Gasteiger partial charge in [-0.1, -0.05) is 15.9 Å². The molecule has 13 heavy (non-hydrogen) atoms. The fourth-order valence-corrected chi connectivity index (χ4v) is 1.67. The minimum Gasteiger partial charge on any atom is -0.246 e. The number of hydrogen-bond donors (Lipinski definition) is 0. The van der Waals surface area contributed by atoms with E-state index in [1.165, 1.54) is 6.07 Å². The Morgan fingerprint density at radius 2 is 2.00 bits per heavy atom. The van der Waals surface area contributed by atoms with Crippen LogP contribution in [0.3, 0.4) is 0 Å². The number of aromatic nitrogens is 1. The van der Waals surface area contributed by atoms with Crippen molar-refractivity contribution in [3.8, 4) is 0 Å². The minimum absolute atomic E-state index is 0.120. The Labute approximate surface area is 95.0 Å². The van der Waals surface area contributed by atoms with Crippen LogP contribution in [0.15, 0.2) is 12.1 Å². The molecule has 0 bridgehead atoms. The largest absolute Gasteiger partial charge is 0.434 e. The maximum atomic E-state index is 12.3. The van der Waals surface area contributed by atoms with Gasteiger partial charge in [0.2, 0.25) is 0 Å². The molecular weight excluding hydrogens is 362 g/mol. The molecule has 1 heterocycles.